The number of anilines is 1. The van der Waals surface area contributed by atoms with Gasteiger partial charge in [0.25, 0.3) is 10.0 Å². The molecule has 3 aromatic carbocycles. The van der Waals surface area contributed by atoms with E-state index in [9.17, 15) is 18.0 Å². The highest BCUT2D eigenvalue weighted by Gasteiger charge is 2.34. The number of halogens is 2. The number of hydrogen-bond acceptors (Lipinski definition) is 4. The van der Waals surface area contributed by atoms with Crippen LogP contribution in [0.25, 0.3) is 0 Å². The summed E-state index contributed by atoms with van der Waals surface area (Å²) in [4.78, 5) is 29.1. The number of rotatable bonds is 13. The van der Waals surface area contributed by atoms with Crippen molar-refractivity contribution in [3.63, 3.8) is 0 Å². The summed E-state index contributed by atoms with van der Waals surface area (Å²) in [5.41, 5.74) is 2.77. The van der Waals surface area contributed by atoms with Crippen molar-refractivity contribution in [3.8, 4) is 0 Å². The molecule has 42 heavy (non-hydrogen) atoms. The molecule has 0 aliphatic carbocycles. The Balaban J connectivity index is 2.10. The summed E-state index contributed by atoms with van der Waals surface area (Å²) in [5, 5.41) is 3.61. The normalized spacial score (nSPS) is 12.2. The zero-order chi connectivity index (χ0) is 31.0. The summed E-state index contributed by atoms with van der Waals surface area (Å²) in [7, 11) is -4.14. The van der Waals surface area contributed by atoms with Crippen molar-refractivity contribution in [2.45, 2.75) is 64.9 Å². The number of nitrogens with zero attached hydrogens (tertiary/aromatic N) is 2. The molecule has 0 saturated heterocycles. The molecule has 0 spiro atoms. The van der Waals surface area contributed by atoms with Gasteiger partial charge in [-0.15, -0.1) is 0 Å². The molecule has 3 aromatic rings. The second-order valence-corrected chi connectivity index (χ2v) is 13.3. The maximum Gasteiger partial charge on any atom is 0.264 e. The number of benzene rings is 3. The lowest BCUT2D eigenvalue weighted by atomic mass is 10.1. The van der Waals surface area contributed by atoms with E-state index in [0.717, 1.165) is 15.4 Å². The second-order valence-electron chi connectivity index (χ2n) is 10.6. The van der Waals surface area contributed by atoms with Gasteiger partial charge < -0.3 is 10.2 Å². The van der Waals surface area contributed by atoms with Crippen molar-refractivity contribution < 1.29 is 18.0 Å². The van der Waals surface area contributed by atoms with Crippen LogP contribution in [0.4, 0.5) is 5.69 Å². The number of para-hydroxylation sites is 1. The van der Waals surface area contributed by atoms with Crippen molar-refractivity contribution >= 4 is 50.7 Å². The fraction of sp³-hybridized carbons (Fsp3) is 0.375. The molecule has 0 aliphatic heterocycles. The van der Waals surface area contributed by atoms with Gasteiger partial charge in [0.15, 0.2) is 0 Å². The molecule has 0 fully saturated rings. The Hall–Kier alpha value is -3.07. The van der Waals surface area contributed by atoms with Crippen LogP contribution in [0.15, 0.2) is 71.6 Å². The highest BCUT2D eigenvalue weighted by Crippen LogP contribution is 2.29. The van der Waals surface area contributed by atoms with E-state index in [1.165, 1.54) is 4.90 Å². The topological polar surface area (TPSA) is 86.8 Å². The minimum Gasteiger partial charge on any atom is -0.354 e. The number of sulfonamides is 1. The molecule has 1 N–H and O–H groups in total. The maximum absolute atomic E-state index is 14.2. The monoisotopic (exact) mass is 631 g/mol. The number of amides is 2. The van der Waals surface area contributed by atoms with Gasteiger partial charge in [-0.3, -0.25) is 13.9 Å². The van der Waals surface area contributed by atoms with Crippen molar-refractivity contribution in [2.24, 2.45) is 5.92 Å². The van der Waals surface area contributed by atoms with Crippen molar-refractivity contribution in [1.29, 1.82) is 0 Å². The minimum absolute atomic E-state index is 0.0389. The predicted molar refractivity (Wildman–Crippen MR) is 170 cm³/mol. The smallest absolute Gasteiger partial charge is 0.264 e. The summed E-state index contributed by atoms with van der Waals surface area (Å²) >= 11 is 12.4. The van der Waals surface area contributed by atoms with Gasteiger partial charge in [-0.05, 0) is 67.1 Å². The molecule has 0 bridgehead atoms. The van der Waals surface area contributed by atoms with E-state index in [-0.39, 0.29) is 23.3 Å². The van der Waals surface area contributed by atoms with E-state index in [2.05, 4.69) is 5.32 Å². The third-order valence-electron chi connectivity index (χ3n) is 6.94. The minimum atomic E-state index is -4.14. The first-order valence-corrected chi connectivity index (χ1v) is 16.3. The van der Waals surface area contributed by atoms with Crippen molar-refractivity contribution in [3.05, 3.63) is 93.5 Å². The first-order chi connectivity index (χ1) is 19.9. The zero-order valence-electron chi connectivity index (χ0n) is 24.7. The number of carbonyl (C=O) groups is 2. The fourth-order valence-electron chi connectivity index (χ4n) is 4.58. The summed E-state index contributed by atoms with van der Waals surface area (Å²) in [6.45, 7) is 9.58. The lowest BCUT2D eigenvalue weighted by Gasteiger charge is -2.34. The molecule has 226 valence electrons. The van der Waals surface area contributed by atoms with Gasteiger partial charge in [-0.2, -0.15) is 0 Å². The molecule has 1 atom stereocenters. The quantitative estimate of drug-likeness (QED) is 0.229. The number of carbonyl (C=O) groups excluding carboxylic acids is 2. The molecule has 2 amide bonds. The predicted octanol–water partition coefficient (Wildman–Crippen LogP) is 6.64. The highest BCUT2D eigenvalue weighted by molar-refractivity contribution is 7.92. The molecule has 7 nitrogen and oxygen atoms in total. The van der Waals surface area contributed by atoms with E-state index in [4.69, 9.17) is 23.2 Å². The van der Waals surface area contributed by atoms with Crippen molar-refractivity contribution in [2.75, 3.05) is 17.4 Å². The van der Waals surface area contributed by atoms with Crippen LogP contribution in [0.2, 0.25) is 10.0 Å². The van der Waals surface area contributed by atoms with Crippen molar-refractivity contribution in [1.82, 2.24) is 10.2 Å². The standard InChI is InChI=1S/C32H39Cl2N3O4S/c1-6-25-10-8-9-11-30(25)37(42(40,41)26-15-12-23(5)13-16-26)21-31(38)36(20-24-14-17-27(33)28(34)18-24)29(7-2)32(39)35-19-22(3)4/h8-18,22,29H,6-7,19-21H2,1-5H3,(H,35,39). The lowest BCUT2D eigenvalue weighted by molar-refractivity contribution is -0.140. The third kappa shape index (κ3) is 8.27. The highest BCUT2D eigenvalue weighted by atomic mass is 35.5. The van der Waals surface area contributed by atoms with Crippen LogP contribution in [0.1, 0.15) is 50.8 Å². The van der Waals surface area contributed by atoms with E-state index >= 15 is 0 Å². The maximum atomic E-state index is 14.2. The first kappa shape index (κ1) is 33.4. The van der Waals surface area contributed by atoms with Gasteiger partial charge in [0.1, 0.15) is 12.6 Å². The molecular weight excluding hydrogens is 593 g/mol. The van der Waals surface area contributed by atoms with Crippen LogP contribution in [-0.2, 0) is 32.6 Å². The first-order valence-electron chi connectivity index (χ1n) is 14.1. The van der Waals surface area contributed by atoms with Crippen LogP contribution < -0.4 is 9.62 Å². The Bertz CT molecular complexity index is 1490. The van der Waals surface area contributed by atoms with E-state index in [1.807, 2.05) is 46.8 Å². The molecule has 0 aliphatic rings. The Kier molecular flexibility index (Phi) is 11.9. The third-order valence-corrected chi connectivity index (χ3v) is 9.45. The number of nitrogens with one attached hydrogen (secondary N) is 1. The van der Waals surface area contributed by atoms with Gasteiger partial charge in [0.2, 0.25) is 11.8 Å². The molecule has 0 radical (unpaired) electrons. The summed E-state index contributed by atoms with van der Waals surface area (Å²) < 4.78 is 29.4. The van der Waals surface area contributed by atoms with E-state index < -0.39 is 28.5 Å². The molecular formula is C32H39Cl2N3O4S. The summed E-state index contributed by atoms with van der Waals surface area (Å²) in [6.07, 6.45) is 0.889. The largest absolute Gasteiger partial charge is 0.354 e. The van der Waals surface area contributed by atoms with Gasteiger partial charge in [-0.1, -0.05) is 92.9 Å². The van der Waals surface area contributed by atoms with Crippen LogP contribution >= 0.6 is 23.2 Å². The van der Waals surface area contributed by atoms with Gasteiger partial charge in [0.05, 0.1) is 20.6 Å². The van der Waals surface area contributed by atoms with Crippen LogP contribution in [-0.4, -0.2) is 44.3 Å². The summed E-state index contributed by atoms with van der Waals surface area (Å²) in [5.74, 6) is -0.609. The van der Waals surface area contributed by atoms with Gasteiger partial charge in [0, 0.05) is 13.1 Å². The van der Waals surface area contributed by atoms with Crippen LogP contribution in [0, 0.1) is 12.8 Å². The molecule has 0 heterocycles. The van der Waals surface area contributed by atoms with Gasteiger partial charge in [-0.25, -0.2) is 8.42 Å². The lowest BCUT2D eigenvalue weighted by Crippen LogP contribution is -2.52. The Morgan fingerprint density at radius 1 is 0.929 bits per heavy atom. The molecule has 1 unspecified atom stereocenters. The number of aryl methyl sites for hydroxylation is 2. The van der Waals surface area contributed by atoms with E-state index in [1.54, 1.807) is 54.6 Å². The molecule has 10 heteroatoms. The number of hydrogen-bond donors (Lipinski definition) is 1. The Labute approximate surface area is 259 Å². The second kappa shape index (κ2) is 14.9. The fourth-order valence-corrected chi connectivity index (χ4v) is 6.35. The Morgan fingerprint density at radius 3 is 2.19 bits per heavy atom. The Morgan fingerprint density at radius 2 is 1.60 bits per heavy atom. The average Bonchev–Trinajstić information content (AvgIpc) is 2.96. The molecule has 0 aromatic heterocycles. The summed E-state index contributed by atoms with van der Waals surface area (Å²) in [6, 6.07) is 17.8. The molecule has 3 rings (SSSR count). The average molecular weight is 633 g/mol. The van der Waals surface area contributed by atoms with E-state index in [0.29, 0.717) is 40.7 Å². The SMILES string of the molecule is CCc1ccccc1N(CC(=O)N(Cc1ccc(Cl)c(Cl)c1)C(CC)C(=O)NCC(C)C)S(=O)(=O)c1ccc(C)cc1. The van der Waals surface area contributed by atoms with Gasteiger partial charge >= 0.3 is 0 Å². The molecule has 0 saturated carbocycles. The van der Waals surface area contributed by atoms with Crippen LogP contribution in [0.5, 0.6) is 0 Å². The van der Waals surface area contributed by atoms with Crippen LogP contribution in [0.3, 0.4) is 0 Å². The zero-order valence-corrected chi connectivity index (χ0v) is 27.1.